The third-order valence-electron chi connectivity index (χ3n) is 5.71. The lowest BCUT2D eigenvalue weighted by molar-refractivity contribution is -0.124. The van der Waals surface area contributed by atoms with Crippen LogP contribution >= 0.6 is 24.0 Å². The van der Waals surface area contributed by atoms with Gasteiger partial charge < -0.3 is 9.47 Å². The third-order valence-corrected chi connectivity index (χ3v) is 7.04. The molecule has 32 heavy (non-hydrogen) atoms. The van der Waals surface area contributed by atoms with Crippen LogP contribution in [-0.4, -0.2) is 34.2 Å². The number of carbonyl (C=O) groups excluding carboxylic acids is 2. The number of rotatable bonds is 5. The summed E-state index contributed by atoms with van der Waals surface area (Å²) in [6.07, 6.45) is 7.34. The topological polar surface area (TPSA) is 55.8 Å². The smallest absolute Gasteiger partial charge is 0.343 e. The Labute approximate surface area is 197 Å². The SMILES string of the molecule is COc1cc(/C=C2/SC(=S)N(C3CCCCC3)C2=O)ccc1OC(=O)c1cccc(C)c1. The molecule has 7 heteroatoms. The Morgan fingerprint density at radius 2 is 1.91 bits per heavy atom. The summed E-state index contributed by atoms with van der Waals surface area (Å²) in [4.78, 5) is 27.9. The fourth-order valence-corrected chi connectivity index (χ4v) is 5.47. The average molecular weight is 468 g/mol. The van der Waals surface area contributed by atoms with Crippen LogP contribution in [0.2, 0.25) is 0 Å². The molecule has 1 heterocycles. The normalized spacial score (nSPS) is 18.3. The zero-order valence-corrected chi connectivity index (χ0v) is 19.8. The second kappa shape index (κ2) is 9.88. The van der Waals surface area contributed by atoms with E-state index < -0.39 is 5.97 Å². The minimum Gasteiger partial charge on any atom is -0.493 e. The summed E-state index contributed by atoms with van der Waals surface area (Å²) in [5.74, 6) is 0.266. The van der Waals surface area contributed by atoms with E-state index >= 15 is 0 Å². The van der Waals surface area contributed by atoms with Gasteiger partial charge in [0.2, 0.25) is 0 Å². The van der Waals surface area contributed by atoms with Gasteiger partial charge in [0.1, 0.15) is 4.32 Å². The van der Waals surface area contributed by atoms with E-state index in [1.165, 1.54) is 25.3 Å². The van der Waals surface area contributed by atoms with Crippen molar-refractivity contribution in [1.82, 2.24) is 4.90 Å². The third kappa shape index (κ3) is 4.89. The van der Waals surface area contributed by atoms with E-state index in [2.05, 4.69) is 0 Å². The van der Waals surface area contributed by atoms with E-state index in [9.17, 15) is 9.59 Å². The molecule has 1 amide bonds. The standard InChI is InChI=1S/C25H25NO4S2/c1-16-7-6-8-18(13-16)24(28)30-20-12-11-17(14-21(20)29-2)15-22-23(27)26(25(31)32-22)19-9-4-3-5-10-19/h6-8,11-15,19H,3-5,9-10H2,1-2H3/b22-15+. The molecule has 0 atom stereocenters. The van der Waals surface area contributed by atoms with Gasteiger partial charge in [0.15, 0.2) is 11.5 Å². The lowest BCUT2D eigenvalue weighted by Crippen LogP contribution is -2.39. The molecule has 2 fully saturated rings. The zero-order valence-electron chi connectivity index (χ0n) is 18.1. The number of hydrogen-bond acceptors (Lipinski definition) is 6. The van der Waals surface area contributed by atoms with E-state index in [0.29, 0.717) is 26.3 Å². The maximum atomic E-state index is 13.0. The summed E-state index contributed by atoms with van der Waals surface area (Å²) < 4.78 is 11.6. The van der Waals surface area contributed by atoms with Crippen LogP contribution in [-0.2, 0) is 4.79 Å². The monoisotopic (exact) mass is 467 g/mol. The van der Waals surface area contributed by atoms with Crippen LogP contribution in [0.25, 0.3) is 6.08 Å². The van der Waals surface area contributed by atoms with Crippen molar-refractivity contribution in [2.45, 2.75) is 45.1 Å². The van der Waals surface area contributed by atoms with Crippen LogP contribution < -0.4 is 9.47 Å². The van der Waals surface area contributed by atoms with Gasteiger partial charge in [-0.15, -0.1) is 0 Å². The van der Waals surface area contributed by atoms with E-state index in [1.807, 2.05) is 25.1 Å². The molecular weight excluding hydrogens is 442 g/mol. The first-order valence-corrected chi connectivity index (χ1v) is 11.9. The largest absolute Gasteiger partial charge is 0.493 e. The summed E-state index contributed by atoms with van der Waals surface area (Å²) in [6.45, 7) is 1.92. The fourth-order valence-electron chi connectivity index (χ4n) is 4.07. The number of thiocarbonyl (C=S) groups is 1. The van der Waals surface area contributed by atoms with Gasteiger partial charge >= 0.3 is 5.97 Å². The van der Waals surface area contributed by atoms with Gasteiger partial charge in [0.25, 0.3) is 5.91 Å². The van der Waals surface area contributed by atoms with Gasteiger partial charge in [-0.2, -0.15) is 0 Å². The molecule has 0 N–H and O–H groups in total. The second-order valence-corrected chi connectivity index (χ2v) is 9.69. The highest BCUT2D eigenvalue weighted by Crippen LogP contribution is 2.38. The number of thioether (sulfide) groups is 1. The molecular formula is C25H25NO4S2. The quantitative estimate of drug-likeness (QED) is 0.241. The molecule has 0 radical (unpaired) electrons. The minimum atomic E-state index is -0.451. The van der Waals surface area contributed by atoms with Crippen molar-refractivity contribution in [2.75, 3.05) is 7.11 Å². The Balaban J connectivity index is 1.52. The molecule has 5 nitrogen and oxygen atoms in total. The predicted molar refractivity (Wildman–Crippen MR) is 131 cm³/mol. The number of ether oxygens (including phenoxy) is 2. The molecule has 0 spiro atoms. The number of carbonyl (C=O) groups is 2. The highest BCUT2D eigenvalue weighted by molar-refractivity contribution is 8.26. The van der Waals surface area contributed by atoms with Gasteiger partial charge in [0.05, 0.1) is 17.6 Å². The van der Waals surface area contributed by atoms with Gasteiger partial charge in [-0.1, -0.05) is 67.0 Å². The molecule has 2 aliphatic rings. The molecule has 1 saturated carbocycles. The Kier molecular flexibility index (Phi) is 6.96. The maximum absolute atomic E-state index is 13.0. The van der Waals surface area contributed by atoms with Gasteiger partial charge in [-0.05, 0) is 55.7 Å². The van der Waals surface area contributed by atoms with Crippen molar-refractivity contribution in [3.05, 3.63) is 64.1 Å². The molecule has 1 aliphatic carbocycles. The molecule has 166 valence electrons. The number of amides is 1. The Morgan fingerprint density at radius 3 is 2.62 bits per heavy atom. The van der Waals surface area contributed by atoms with Crippen LogP contribution in [0.3, 0.4) is 0 Å². The molecule has 0 unspecified atom stereocenters. The van der Waals surface area contributed by atoms with Crippen molar-refractivity contribution >= 4 is 46.3 Å². The highest BCUT2D eigenvalue weighted by atomic mass is 32.2. The Bertz CT molecular complexity index is 1090. The minimum absolute atomic E-state index is 0.0270. The fraction of sp³-hybridized carbons (Fsp3) is 0.320. The molecule has 2 aromatic rings. The molecule has 4 rings (SSSR count). The number of benzene rings is 2. The Morgan fingerprint density at radius 1 is 1.12 bits per heavy atom. The maximum Gasteiger partial charge on any atom is 0.343 e. The van der Waals surface area contributed by atoms with Crippen molar-refractivity contribution in [1.29, 1.82) is 0 Å². The number of esters is 1. The molecule has 1 saturated heterocycles. The van der Waals surface area contributed by atoms with Crippen molar-refractivity contribution in [2.24, 2.45) is 0 Å². The van der Waals surface area contributed by atoms with E-state index in [-0.39, 0.29) is 11.9 Å². The van der Waals surface area contributed by atoms with Crippen LogP contribution in [0.4, 0.5) is 0 Å². The summed E-state index contributed by atoms with van der Waals surface area (Å²) in [5.41, 5.74) is 2.23. The van der Waals surface area contributed by atoms with Crippen LogP contribution in [0.1, 0.15) is 53.6 Å². The van der Waals surface area contributed by atoms with Crippen LogP contribution in [0, 0.1) is 6.92 Å². The lowest BCUT2D eigenvalue weighted by Gasteiger charge is -2.29. The zero-order chi connectivity index (χ0) is 22.7. The summed E-state index contributed by atoms with van der Waals surface area (Å²) in [6, 6.07) is 12.7. The predicted octanol–water partition coefficient (Wildman–Crippen LogP) is 5.76. The van der Waals surface area contributed by atoms with Crippen LogP contribution in [0.5, 0.6) is 11.5 Å². The highest BCUT2D eigenvalue weighted by Gasteiger charge is 2.37. The van der Waals surface area contributed by atoms with Gasteiger partial charge in [0, 0.05) is 6.04 Å². The molecule has 0 bridgehead atoms. The summed E-state index contributed by atoms with van der Waals surface area (Å²) in [5, 5.41) is 0. The first kappa shape index (κ1) is 22.6. The van der Waals surface area contributed by atoms with Crippen molar-refractivity contribution in [3.63, 3.8) is 0 Å². The number of methoxy groups -OCH3 is 1. The first-order valence-electron chi connectivity index (χ1n) is 10.7. The molecule has 1 aliphatic heterocycles. The van der Waals surface area contributed by atoms with E-state index in [1.54, 1.807) is 35.2 Å². The number of nitrogens with zero attached hydrogens (tertiary/aromatic N) is 1. The summed E-state index contributed by atoms with van der Waals surface area (Å²) >= 11 is 6.85. The average Bonchev–Trinajstić information content (AvgIpc) is 3.07. The molecule has 2 aromatic carbocycles. The van der Waals surface area contributed by atoms with Gasteiger partial charge in [-0.25, -0.2) is 4.79 Å². The lowest BCUT2D eigenvalue weighted by atomic mass is 9.94. The van der Waals surface area contributed by atoms with Crippen LogP contribution in [0.15, 0.2) is 47.4 Å². The molecule has 0 aromatic heterocycles. The van der Waals surface area contributed by atoms with Crippen molar-refractivity contribution in [3.8, 4) is 11.5 Å². The van der Waals surface area contributed by atoms with E-state index in [0.717, 1.165) is 36.8 Å². The second-order valence-electron chi connectivity index (χ2n) is 8.01. The number of hydrogen-bond donors (Lipinski definition) is 0. The van der Waals surface area contributed by atoms with E-state index in [4.69, 9.17) is 21.7 Å². The number of aryl methyl sites for hydroxylation is 1. The van der Waals surface area contributed by atoms with Crippen molar-refractivity contribution < 1.29 is 19.1 Å². The van der Waals surface area contributed by atoms with Gasteiger partial charge in [-0.3, -0.25) is 9.69 Å². The Hall–Kier alpha value is -2.64. The first-order chi connectivity index (χ1) is 15.5. The summed E-state index contributed by atoms with van der Waals surface area (Å²) in [7, 11) is 1.52.